The average Bonchev–Trinajstić information content (AvgIpc) is 3.40. The highest BCUT2D eigenvalue weighted by atomic mass is 35.5. The molecule has 2 heterocycles. The molecule has 180 valence electrons. The molecule has 0 aliphatic rings. The van der Waals surface area contributed by atoms with Gasteiger partial charge in [-0.1, -0.05) is 29.3 Å². The topological polar surface area (TPSA) is 112 Å². The molecular formula is C24H20Cl2N4O5. The van der Waals surface area contributed by atoms with Crippen molar-refractivity contribution in [1.82, 2.24) is 9.78 Å². The molecule has 0 saturated heterocycles. The van der Waals surface area contributed by atoms with E-state index < -0.39 is 10.8 Å². The summed E-state index contributed by atoms with van der Waals surface area (Å²) in [4.78, 5) is 23.1. The van der Waals surface area contributed by atoms with Crippen molar-refractivity contribution < 1.29 is 18.9 Å². The zero-order valence-corrected chi connectivity index (χ0v) is 20.3. The minimum absolute atomic E-state index is 0.0169. The molecule has 2 aromatic heterocycles. The first-order valence-corrected chi connectivity index (χ1v) is 11.2. The number of carbonyl (C=O) groups excluding carboxylic acids is 1. The molecule has 2 aromatic carbocycles. The maximum atomic E-state index is 12.6. The molecule has 35 heavy (non-hydrogen) atoms. The van der Waals surface area contributed by atoms with Crippen LogP contribution in [0.2, 0.25) is 10.0 Å². The van der Waals surface area contributed by atoms with Crippen LogP contribution in [-0.4, -0.2) is 20.6 Å². The van der Waals surface area contributed by atoms with Gasteiger partial charge in [0.2, 0.25) is 0 Å². The minimum atomic E-state index is -0.461. The molecule has 0 bridgehead atoms. The monoisotopic (exact) mass is 514 g/mol. The molecule has 0 aliphatic carbocycles. The van der Waals surface area contributed by atoms with Crippen LogP contribution in [0.5, 0.6) is 5.75 Å². The van der Waals surface area contributed by atoms with Crippen molar-refractivity contribution in [1.29, 1.82) is 0 Å². The number of halogens is 2. The van der Waals surface area contributed by atoms with Crippen LogP contribution in [0.4, 0.5) is 11.5 Å². The Morgan fingerprint density at radius 3 is 2.66 bits per heavy atom. The second kappa shape index (κ2) is 10.2. The van der Waals surface area contributed by atoms with Crippen molar-refractivity contribution in [3.8, 4) is 5.75 Å². The number of aryl methyl sites for hydroxylation is 2. The van der Waals surface area contributed by atoms with E-state index in [0.29, 0.717) is 39.5 Å². The second-order valence-electron chi connectivity index (χ2n) is 7.78. The van der Waals surface area contributed by atoms with Gasteiger partial charge in [0.1, 0.15) is 18.1 Å². The summed E-state index contributed by atoms with van der Waals surface area (Å²) in [6, 6.07) is 14.6. The lowest BCUT2D eigenvalue weighted by Gasteiger charge is -2.07. The molecular weight excluding hydrogens is 495 g/mol. The maximum absolute atomic E-state index is 12.6. The Labute approximate surface area is 210 Å². The number of hydrogen-bond acceptors (Lipinski definition) is 6. The van der Waals surface area contributed by atoms with Crippen LogP contribution in [0.1, 0.15) is 33.1 Å². The van der Waals surface area contributed by atoms with E-state index in [1.54, 1.807) is 41.9 Å². The fraction of sp³-hybridized carbons (Fsp3) is 0.167. The fourth-order valence-electron chi connectivity index (χ4n) is 3.38. The van der Waals surface area contributed by atoms with Crippen LogP contribution in [0.15, 0.2) is 59.0 Å². The van der Waals surface area contributed by atoms with Crippen molar-refractivity contribution in [3.05, 3.63) is 103 Å². The summed E-state index contributed by atoms with van der Waals surface area (Å²) in [5.41, 5.74) is 2.18. The number of hydrogen-bond donors (Lipinski definition) is 1. The number of benzene rings is 2. The summed E-state index contributed by atoms with van der Waals surface area (Å²) in [5, 5.41) is 19.2. The van der Waals surface area contributed by atoms with Crippen molar-refractivity contribution in [3.63, 3.8) is 0 Å². The summed E-state index contributed by atoms with van der Waals surface area (Å²) in [5.74, 6) is 0.878. The number of nitrogens with one attached hydrogen (secondary N) is 1. The zero-order valence-electron chi connectivity index (χ0n) is 18.7. The summed E-state index contributed by atoms with van der Waals surface area (Å²) < 4.78 is 12.9. The summed E-state index contributed by atoms with van der Waals surface area (Å²) in [6.45, 7) is 3.98. The maximum Gasteiger partial charge on any atom is 0.292 e. The Bertz CT molecular complexity index is 1410. The first-order chi connectivity index (χ1) is 16.7. The normalized spacial score (nSPS) is 10.9. The van der Waals surface area contributed by atoms with Gasteiger partial charge in [-0.15, -0.1) is 0 Å². The lowest BCUT2D eigenvalue weighted by atomic mass is 10.2. The number of nitro groups is 1. The molecule has 0 aliphatic heterocycles. The van der Waals surface area contributed by atoms with Gasteiger partial charge in [0, 0.05) is 33.4 Å². The third-order valence-corrected chi connectivity index (χ3v) is 5.78. The number of anilines is 1. The molecule has 1 amide bonds. The third kappa shape index (κ3) is 5.82. The summed E-state index contributed by atoms with van der Waals surface area (Å²) in [7, 11) is 0. The van der Waals surface area contributed by atoms with Gasteiger partial charge in [-0.2, -0.15) is 5.10 Å². The van der Waals surface area contributed by atoms with Gasteiger partial charge in [-0.05, 0) is 55.8 Å². The quantitative estimate of drug-likeness (QED) is 0.221. The van der Waals surface area contributed by atoms with Crippen LogP contribution >= 0.6 is 23.2 Å². The molecule has 9 nitrogen and oxygen atoms in total. The molecule has 0 fully saturated rings. The standard InChI is InChI=1S/C24H20Cl2N4O5/c1-14-9-18(5-7-21(14)30(32)33)34-13-19-6-8-22(35-19)24(31)27-23-10-15(2)29(28-23)12-16-3-4-17(25)11-20(16)26/h3-11H,12-13H2,1-2H3,(H,27,28,31). The highest BCUT2D eigenvalue weighted by molar-refractivity contribution is 6.35. The Morgan fingerprint density at radius 2 is 1.94 bits per heavy atom. The summed E-state index contributed by atoms with van der Waals surface area (Å²) >= 11 is 12.2. The van der Waals surface area contributed by atoms with E-state index in [1.165, 1.54) is 18.2 Å². The number of carbonyl (C=O) groups is 1. The van der Waals surface area contributed by atoms with Crippen LogP contribution in [-0.2, 0) is 13.2 Å². The lowest BCUT2D eigenvalue weighted by Crippen LogP contribution is -2.12. The highest BCUT2D eigenvalue weighted by Gasteiger charge is 2.16. The molecule has 0 unspecified atom stereocenters. The number of rotatable bonds is 8. The largest absolute Gasteiger partial charge is 0.486 e. The van der Waals surface area contributed by atoms with E-state index in [2.05, 4.69) is 10.4 Å². The lowest BCUT2D eigenvalue weighted by molar-refractivity contribution is -0.385. The van der Waals surface area contributed by atoms with Gasteiger partial charge >= 0.3 is 0 Å². The number of ether oxygens (including phenoxy) is 1. The Morgan fingerprint density at radius 1 is 1.14 bits per heavy atom. The number of nitro benzene ring substituents is 1. The minimum Gasteiger partial charge on any atom is -0.486 e. The third-order valence-electron chi connectivity index (χ3n) is 5.19. The van der Waals surface area contributed by atoms with Crippen LogP contribution < -0.4 is 10.1 Å². The molecule has 0 saturated carbocycles. The van der Waals surface area contributed by atoms with Gasteiger partial charge in [-0.3, -0.25) is 19.6 Å². The van der Waals surface area contributed by atoms with E-state index in [0.717, 1.165) is 11.3 Å². The van der Waals surface area contributed by atoms with Crippen LogP contribution in [0, 0.1) is 24.0 Å². The second-order valence-corrected chi connectivity index (χ2v) is 8.62. The molecule has 11 heteroatoms. The van der Waals surface area contributed by atoms with Crippen molar-refractivity contribution >= 4 is 40.6 Å². The molecule has 0 radical (unpaired) electrons. The molecule has 1 N–H and O–H groups in total. The Balaban J connectivity index is 1.37. The number of furan rings is 1. The van der Waals surface area contributed by atoms with Crippen molar-refractivity contribution in [2.24, 2.45) is 0 Å². The summed E-state index contributed by atoms with van der Waals surface area (Å²) in [6.07, 6.45) is 0. The van der Waals surface area contributed by atoms with Gasteiger partial charge in [0.15, 0.2) is 11.6 Å². The predicted octanol–water partition coefficient (Wildman–Crippen LogP) is 6.19. The first-order valence-electron chi connectivity index (χ1n) is 10.5. The first kappa shape index (κ1) is 24.3. The van der Waals surface area contributed by atoms with E-state index in [-0.39, 0.29) is 18.1 Å². The smallest absolute Gasteiger partial charge is 0.292 e. The Kier molecular flexibility index (Phi) is 7.09. The van der Waals surface area contributed by atoms with E-state index in [4.69, 9.17) is 32.4 Å². The molecule has 0 spiro atoms. The molecule has 4 rings (SSSR count). The van der Waals surface area contributed by atoms with Crippen LogP contribution in [0.25, 0.3) is 0 Å². The van der Waals surface area contributed by atoms with Crippen molar-refractivity contribution in [2.45, 2.75) is 27.0 Å². The number of amides is 1. The fourth-order valence-corrected chi connectivity index (χ4v) is 3.84. The van der Waals surface area contributed by atoms with E-state index in [9.17, 15) is 14.9 Å². The highest BCUT2D eigenvalue weighted by Crippen LogP contribution is 2.25. The van der Waals surface area contributed by atoms with Crippen molar-refractivity contribution in [2.75, 3.05) is 5.32 Å². The number of nitrogens with zero attached hydrogens (tertiary/aromatic N) is 3. The van der Waals surface area contributed by atoms with Gasteiger partial charge in [0.25, 0.3) is 11.6 Å². The SMILES string of the molecule is Cc1cc(OCc2ccc(C(=O)Nc3cc(C)n(Cc4ccc(Cl)cc4Cl)n3)o2)ccc1[N+](=O)[O-]. The zero-order chi connectivity index (χ0) is 25.1. The van der Waals surface area contributed by atoms with Gasteiger partial charge in [0.05, 0.1) is 11.5 Å². The van der Waals surface area contributed by atoms with Crippen LogP contribution in [0.3, 0.4) is 0 Å². The Hall–Kier alpha value is -3.82. The predicted molar refractivity (Wildman–Crippen MR) is 131 cm³/mol. The average molecular weight is 515 g/mol. The molecule has 0 atom stereocenters. The van der Waals surface area contributed by atoms with Gasteiger partial charge < -0.3 is 14.5 Å². The molecule has 4 aromatic rings. The van der Waals surface area contributed by atoms with E-state index >= 15 is 0 Å². The van der Waals surface area contributed by atoms with E-state index in [1.807, 2.05) is 13.0 Å². The van der Waals surface area contributed by atoms with Gasteiger partial charge in [-0.25, -0.2) is 0 Å². The number of aromatic nitrogens is 2.